The van der Waals surface area contributed by atoms with Gasteiger partial charge in [-0.15, -0.1) is 0 Å². The quantitative estimate of drug-likeness (QED) is 0.524. The van der Waals surface area contributed by atoms with Gasteiger partial charge in [-0.2, -0.15) is 0 Å². The molecule has 0 saturated heterocycles. The van der Waals surface area contributed by atoms with Crippen LogP contribution in [0, 0.1) is 0 Å². The van der Waals surface area contributed by atoms with Gasteiger partial charge in [-0.1, -0.05) is 80.2 Å². The minimum atomic E-state index is -0.724. The van der Waals surface area contributed by atoms with Gasteiger partial charge >= 0.3 is 0 Å². The molecule has 1 unspecified atom stereocenters. The molecule has 0 aliphatic heterocycles. The molecule has 1 aliphatic carbocycles. The van der Waals surface area contributed by atoms with Crippen LogP contribution in [0.5, 0.6) is 0 Å². The fraction of sp³-hybridized carbons (Fsp3) is 0.478. The van der Waals surface area contributed by atoms with Gasteiger partial charge in [0.25, 0.3) is 0 Å². The Hall–Kier alpha value is -1.10. The van der Waals surface area contributed by atoms with E-state index in [0.717, 1.165) is 11.0 Å². The predicted octanol–water partition coefficient (Wildman–Crippen LogP) is 6.64. The van der Waals surface area contributed by atoms with E-state index in [1.54, 1.807) is 12.5 Å². The summed E-state index contributed by atoms with van der Waals surface area (Å²) in [6, 6.07) is 8.16. The molecule has 0 spiro atoms. The smallest absolute Gasteiger partial charge is 0.134 e. The third-order valence-electron chi connectivity index (χ3n) is 5.00. The molecule has 0 N–H and O–H groups in total. The third kappa shape index (κ3) is 4.33. The highest BCUT2D eigenvalue weighted by atomic mass is 31.1. The van der Waals surface area contributed by atoms with Gasteiger partial charge in [-0.05, 0) is 40.2 Å². The van der Waals surface area contributed by atoms with E-state index in [9.17, 15) is 0 Å². The van der Waals surface area contributed by atoms with Crippen LogP contribution in [0.1, 0.15) is 48.5 Å². The number of hydrogen-bond acceptors (Lipinski definition) is 2. The fourth-order valence-corrected chi connectivity index (χ4v) is 12.1. The lowest BCUT2D eigenvalue weighted by molar-refractivity contribution is 0.592. The molecular weight excluding hydrogens is 370 g/mol. The highest BCUT2D eigenvalue weighted by Crippen LogP contribution is 2.65. The van der Waals surface area contributed by atoms with Crippen LogP contribution in [0.15, 0.2) is 69.4 Å². The van der Waals surface area contributed by atoms with E-state index in [2.05, 4.69) is 78.8 Å². The van der Waals surface area contributed by atoms with Crippen molar-refractivity contribution in [2.45, 2.75) is 70.1 Å². The Balaban J connectivity index is 1.99. The van der Waals surface area contributed by atoms with E-state index < -0.39 is 7.92 Å². The SMILES string of the molecule is C[C@H](C1=CC=CC1P(c1ccco1)c1ccco1)P(C(C)(C)C)C(C)(C)C. The zero-order chi connectivity index (χ0) is 19.8. The second-order valence-corrected chi connectivity index (χ2v) is 15.5. The summed E-state index contributed by atoms with van der Waals surface area (Å²) in [5, 5.41) is 0.582. The normalized spacial score (nSPS) is 19.1. The molecule has 0 saturated carbocycles. The third-order valence-corrected chi connectivity index (χ3v) is 11.5. The number of hydrogen-bond donors (Lipinski definition) is 0. The minimum absolute atomic E-state index is 0.240. The molecule has 0 aromatic carbocycles. The first kappa shape index (κ1) is 20.6. The van der Waals surface area contributed by atoms with Crippen LogP contribution in [-0.4, -0.2) is 21.6 Å². The van der Waals surface area contributed by atoms with Crippen LogP contribution in [0.25, 0.3) is 0 Å². The van der Waals surface area contributed by atoms with Gasteiger partial charge in [0, 0.05) is 13.6 Å². The van der Waals surface area contributed by atoms with E-state index in [1.165, 1.54) is 5.57 Å². The lowest BCUT2D eigenvalue weighted by Crippen LogP contribution is -2.33. The number of allylic oxidation sites excluding steroid dienone is 4. The highest BCUT2D eigenvalue weighted by molar-refractivity contribution is 7.73. The molecule has 0 bridgehead atoms. The maximum atomic E-state index is 5.87. The molecule has 2 nitrogen and oxygen atoms in total. The lowest BCUT2D eigenvalue weighted by atomic mass is 10.1. The summed E-state index contributed by atoms with van der Waals surface area (Å²) in [6.45, 7) is 16.9. The van der Waals surface area contributed by atoms with E-state index >= 15 is 0 Å². The maximum absolute atomic E-state index is 5.87. The van der Waals surface area contributed by atoms with Gasteiger partial charge in [-0.3, -0.25) is 0 Å². The summed E-state index contributed by atoms with van der Waals surface area (Å²) in [4.78, 5) is 0. The molecule has 4 heteroatoms. The summed E-state index contributed by atoms with van der Waals surface area (Å²) < 4.78 is 11.7. The van der Waals surface area contributed by atoms with Gasteiger partial charge < -0.3 is 8.83 Å². The molecular formula is C23H32O2P2. The molecule has 0 amide bonds. The summed E-state index contributed by atoms with van der Waals surface area (Å²) in [5.41, 5.74) is 4.47. The van der Waals surface area contributed by atoms with Crippen LogP contribution >= 0.6 is 15.8 Å². The molecule has 27 heavy (non-hydrogen) atoms. The monoisotopic (exact) mass is 402 g/mol. The van der Waals surface area contributed by atoms with Crippen LogP contribution in [-0.2, 0) is 0 Å². The molecule has 3 rings (SSSR count). The van der Waals surface area contributed by atoms with Gasteiger partial charge in [0.1, 0.15) is 11.0 Å². The van der Waals surface area contributed by atoms with Crippen molar-refractivity contribution in [2.75, 3.05) is 0 Å². The summed E-state index contributed by atoms with van der Waals surface area (Å²) in [5.74, 6) is 0. The summed E-state index contributed by atoms with van der Waals surface area (Å²) in [7, 11) is -0.965. The van der Waals surface area contributed by atoms with Gasteiger partial charge in [0.2, 0.25) is 0 Å². The second kappa shape index (κ2) is 7.73. The average Bonchev–Trinajstić information content (AvgIpc) is 3.28. The van der Waals surface area contributed by atoms with Crippen LogP contribution < -0.4 is 11.0 Å². The first-order valence-electron chi connectivity index (χ1n) is 9.64. The van der Waals surface area contributed by atoms with Crippen LogP contribution in [0.2, 0.25) is 0 Å². The summed E-state index contributed by atoms with van der Waals surface area (Å²) >= 11 is 0. The Labute approximate surface area is 166 Å². The highest BCUT2D eigenvalue weighted by Gasteiger charge is 2.43. The number of rotatable bonds is 5. The van der Waals surface area contributed by atoms with Crippen molar-refractivity contribution in [2.24, 2.45) is 0 Å². The Morgan fingerprint density at radius 2 is 1.41 bits per heavy atom. The van der Waals surface area contributed by atoms with E-state index in [-0.39, 0.29) is 7.92 Å². The Morgan fingerprint density at radius 1 is 0.889 bits per heavy atom. The topological polar surface area (TPSA) is 26.3 Å². The predicted molar refractivity (Wildman–Crippen MR) is 121 cm³/mol. The van der Waals surface area contributed by atoms with Crippen molar-refractivity contribution in [1.82, 2.24) is 0 Å². The molecule has 0 radical (unpaired) electrons. The minimum Gasteiger partial charge on any atom is -0.464 e. The maximum Gasteiger partial charge on any atom is 0.134 e. The largest absolute Gasteiger partial charge is 0.464 e. The first-order valence-corrected chi connectivity index (χ1v) is 12.5. The molecule has 146 valence electrons. The van der Waals surface area contributed by atoms with Crippen molar-refractivity contribution in [3.05, 3.63) is 60.6 Å². The molecule has 1 aliphatic rings. The van der Waals surface area contributed by atoms with Crippen LogP contribution in [0.3, 0.4) is 0 Å². The lowest BCUT2D eigenvalue weighted by Gasteiger charge is -2.47. The molecule has 0 fully saturated rings. The van der Waals surface area contributed by atoms with E-state index in [4.69, 9.17) is 8.83 Å². The molecule has 2 atom stereocenters. The van der Waals surface area contributed by atoms with E-state index in [0.29, 0.717) is 21.6 Å². The van der Waals surface area contributed by atoms with Crippen molar-refractivity contribution >= 4 is 26.8 Å². The average molecular weight is 402 g/mol. The van der Waals surface area contributed by atoms with Gasteiger partial charge in [0.15, 0.2) is 0 Å². The molecule has 2 heterocycles. The number of furan rings is 2. The van der Waals surface area contributed by atoms with Crippen molar-refractivity contribution in [3.63, 3.8) is 0 Å². The fourth-order valence-electron chi connectivity index (χ4n) is 4.62. The van der Waals surface area contributed by atoms with Crippen molar-refractivity contribution in [1.29, 1.82) is 0 Å². The van der Waals surface area contributed by atoms with Gasteiger partial charge in [0.05, 0.1) is 12.5 Å². The zero-order valence-corrected chi connectivity index (χ0v) is 19.4. The van der Waals surface area contributed by atoms with Crippen molar-refractivity contribution in [3.8, 4) is 0 Å². The van der Waals surface area contributed by atoms with E-state index in [1.807, 2.05) is 12.1 Å². The van der Waals surface area contributed by atoms with Crippen molar-refractivity contribution < 1.29 is 8.83 Å². The Kier molecular flexibility index (Phi) is 5.90. The van der Waals surface area contributed by atoms with Gasteiger partial charge in [-0.25, -0.2) is 0 Å². The first-order chi connectivity index (χ1) is 12.6. The summed E-state index contributed by atoms with van der Waals surface area (Å²) in [6.07, 6.45) is 10.5. The zero-order valence-electron chi connectivity index (χ0n) is 17.6. The standard InChI is InChI=1S/C23H32O2P2/c1-17(27(22(2,3)4)23(5,6)7)18-11-8-12-19(18)26(20-13-9-15-24-20)21-14-10-16-25-21/h8-17,19H,1-7H3/t17-,19?/m1/s1. The molecule has 2 aromatic rings. The van der Waals surface area contributed by atoms with Crippen LogP contribution in [0.4, 0.5) is 0 Å². The molecule has 2 aromatic heterocycles. The second-order valence-electron chi connectivity index (χ2n) is 9.16. The Morgan fingerprint density at radius 3 is 1.81 bits per heavy atom. The Bertz CT molecular complexity index is 738.